The molecule has 0 unspecified atom stereocenters. The third-order valence-electron chi connectivity index (χ3n) is 2.12. The molecule has 0 saturated carbocycles. The molecule has 0 N–H and O–H groups in total. The van der Waals surface area contributed by atoms with E-state index in [1.807, 2.05) is 40.7 Å². The fourth-order valence-corrected chi connectivity index (χ4v) is 1.38. The molecule has 0 bridgehead atoms. The van der Waals surface area contributed by atoms with Crippen LogP contribution in [-0.4, -0.2) is 18.2 Å². The summed E-state index contributed by atoms with van der Waals surface area (Å²) in [6, 6.07) is 5.35. The molecule has 1 aromatic carbocycles. The van der Waals surface area contributed by atoms with Crippen LogP contribution in [0.25, 0.3) is 0 Å². The standard InChI is InChI=1S/C14H20O3/c1-6-16-12-9-11(8-7-10(12)2)13(15)17-14(3,4)5/h7-9H,6H2,1-5H3. The Kier molecular flexibility index (Phi) is 4.16. The van der Waals surface area contributed by atoms with Crippen molar-refractivity contribution in [2.75, 3.05) is 6.61 Å². The second-order valence-electron chi connectivity index (χ2n) is 4.92. The van der Waals surface area contributed by atoms with E-state index in [0.29, 0.717) is 12.2 Å². The zero-order valence-electron chi connectivity index (χ0n) is 11.2. The summed E-state index contributed by atoms with van der Waals surface area (Å²) in [6.45, 7) is 10.00. The summed E-state index contributed by atoms with van der Waals surface area (Å²) < 4.78 is 10.8. The van der Waals surface area contributed by atoms with Gasteiger partial charge in [0.15, 0.2) is 0 Å². The number of benzene rings is 1. The van der Waals surface area contributed by atoms with Gasteiger partial charge in [0.05, 0.1) is 12.2 Å². The highest BCUT2D eigenvalue weighted by molar-refractivity contribution is 5.90. The first-order valence-corrected chi connectivity index (χ1v) is 5.80. The summed E-state index contributed by atoms with van der Waals surface area (Å²) in [7, 11) is 0. The van der Waals surface area contributed by atoms with Crippen molar-refractivity contribution >= 4 is 5.97 Å². The number of aryl methyl sites for hydroxylation is 1. The predicted octanol–water partition coefficient (Wildman–Crippen LogP) is 3.35. The van der Waals surface area contributed by atoms with E-state index in [-0.39, 0.29) is 5.97 Å². The molecule has 0 spiro atoms. The number of hydrogen-bond donors (Lipinski definition) is 0. The normalized spacial score (nSPS) is 11.1. The Labute approximate surface area is 103 Å². The molecule has 17 heavy (non-hydrogen) atoms. The first-order valence-electron chi connectivity index (χ1n) is 5.80. The average molecular weight is 236 g/mol. The van der Waals surface area contributed by atoms with Gasteiger partial charge in [0.2, 0.25) is 0 Å². The third kappa shape index (κ3) is 4.10. The van der Waals surface area contributed by atoms with Crippen molar-refractivity contribution in [1.29, 1.82) is 0 Å². The average Bonchev–Trinajstić information content (AvgIpc) is 2.19. The van der Waals surface area contributed by atoms with E-state index >= 15 is 0 Å². The van der Waals surface area contributed by atoms with Crippen LogP contribution in [0.2, 0.25) is 0 Å². The van der Waals surface area contributed by atoms with E-state index in [1.54, 1.807) is 12.1 Å². The van der Waals surface area contributed by atoms with Crippen LogP contribution < -0.4 is 4.74 Å². The van der Waals surface area contributed by atoms with Crippen LogP contribution in [0.5, 0.6) is 5.75 Å². The number of esters is 1. The Hall–Kier alpha value is -1.51. The molecule has 0 aromatic heterocycles. The lowest BCUT2D eigenvalue weighted by atomic mass is 10.1. The van der Waals surface area contributed by atoms with Crippen molar-refractivity contribution in [2.45, 2.75) is 40.2 Å². The van der Waals surface area contributed by atoms with E-state index in [0.717, 1.165) is 11.3 Å². The van der Waals surface area contributed by atoms with Gasteiger partial charge in [-0.25, -0.2) is 4.79 Å². The molecule has 0 aliphatic heterocycles. The summed E-state index contributed by atoms with van der Waals surface area (Å²) in [5, 5.41) is 0. The maximum absolute atomic E-state index is 11.9. The van der Waals surface area contributed by atoms with E-state index < -0.39 is 5.60 Å². The zero-order valence-corrected chi connectivity index (χ0v) is 11.2. The molecule has 0 aliphatic carbocycles. The molecule has 0 aliphatic rings. The molecule has 3 heteroatoms. The Morgan fingerprint density at radius 3 is 2.47 bits per heavy atom. The van der Waals surface area contributed by atoms with Crippen LogP contribution >= 0.6 is 0 Å². The predicted molar refractivity (Wildman–Crippen MR) is 67.5 cm³/mol. The van der Waals surface area contributed by atoms with Gasteiger partial charge < -0.3 is 9.47 Å². The summed E-state index contributed by atoms with van der Waals surface area (Å²) in [5.41, 5.74) is 1.06. The zero-order chi connectivity index (χ0) is 13.1. The minimum absolute atomic E-state index is 0.321. The lowest BCUT2D eigenvalue weighted by Crippen LogP contribution is -2.23. The van der Waals surface area contributed by atoms with Crippen LogP contribution in [-0.2, 0) is 4.74 Å². The van der Waals surface area contributed by atoms with Crippen molar-refractivity contribution in [2.24, 2.45) is 0 Å². The maximum Gasteiger partial charge on any atom is 0.338 e. The minimum atomic E-state index is -0.478. The lowest BCUT2D eigenvalue weighted by molar-refractivity contribution is 0.00691. The van der Waals surface area contributed by atoms with Gasteiger partial charge >= 0.3 is 5.97 Å². The summed E-state index contributed by atoms with van der Waals surface area (Å²) in [4.78, 5) is 11.9. The fraction of sp³-hybridized carbons (Fsp3) is 0.500. The van der Waals surface area contributed by atoms with Crippen molar-refractivity contribution < 1.29 is 14.3 Å². The highest BCUT2D eigenvalue weighted by Crippen LogP contribution is 2.21. The van der Waals surface area contributed by atoms with Crippen LogP contribution in [0.4, 0.5) is 0 Å². The van der Waals surface area contributed by atoms with E-state index in [2.05, 4.69) is 0 Å². The summed E-state index contributed by atoms with van der Waals surface area (Å²) in [5.74, 6) is 0.411. The molecule has 0 atom stereocenters. The molecular formula is C14H20O3. The second-order valence-corrected chi connectivity index (χ2v) is 4.92. The van der Waals surface area contributed by atoms with Gasteiger partial charge in [-0.3, -0.25) is 0 Å². The molecule has 0 amide bonds. The van der Waals surface area contributed by atoms with Gasteiger partial charge in [-0.15, -0.1) is 0 Å². The topological polar surface area (TPSA) is 35.5 Å². The Balaban J connectivity index is 2.91. The Bertz CT molecular complexity index is 402. The van der Waals surface area contributed by atoms with E-state index in [9.17, 15) is 4.79 Å². The molecule has 0 heterocycles. The van der Waals surface area contributed by atoms with E-state index in [1.165, 1.54) is 0 Å². The van der Waals surface area contributed by atoms with Gasteiger partial charge in [-0.1, -0.05) is 6.07 Å². The van der Waals surface area contributed by atoms with Crippen LogP contribution in [0.15, 0.2) is 18.2 Å². The Morgan fingerprint density at radius 1 is 1.29 bits per heavy atom. The quantitative estimate of drug-likeness (QED) is 0.755. The molecular weight excluding hydrogens is 216 g/mol. The molecule has 0 saturated heterocycles. The number of ether oxygens (including phenoxy) is 2. The van der Waals surface area contributed by atoms with Gasteiger partial charge in [-0.05, 0) is 52.3 Å². The van der Waals surface area contributed by atoms with Gasteiger partial charge in [0.1, 0.15) is 11.4 Å². The SMILES string of the molecule is CCOc1cc(C(=O)OC(C)(C)C)ccc1C. The smallest absolute Gasteiger partial charge is 0.338 e. The molecule has 1 rings (SSSR count). The third-order valence-corrected chi connectivity index (χ3v) is 2.12. The van der Waals surface area contributed by atoms with Gasteiger partial charge in [-0.2, -0.15) is 0 Å². The maximum atomic E-state index is 11.9. The monoisotopic (exact) mass is 236 g/mol. The van der Waals surface area contributed by atoms with Crippen molar-refractivity contribution in [3.63, 3.8) is 0 Å². The highest BCUT2D eigenvalue weighted by atomic mass is 16.6. The first kappa shape index (κ1) is 13.6. The minimum Gasteiger partial charge on any atom is -0.494 e. The van der Waals surface area contributed by atoms with Crippen LogP contribution in [0.3, 0.4) is 0 Å². The number of rotatable bonds is 3. The van der Waals surface area contributed by atoms with Crippen LogP contribution in [0, 0.1) is 6.92 Å². The summed E-state index contributed by atoms with van der Waals surface area (Å²) >= 11 is 0. The van der Waals surface area contributed by atoms with Crippen molar-refractivity contribution in [1.82, 2.24) is 0 Å². The van der Waals surface area contributed by atoms with E-state index in [4.69, 9.17) is 9.47 Å². The highest BCUT2D eigenvalue weighted by Gasteiger charge is 2.18. The van der Waals surface area contributed by atoms with Gasteiger partial charge in [0.25, 0.3) is 0 Å². The second kappa shape index (κ2) is 5.21. The fourth-order valence-electron chi connectivity index (χ4n) is 1.38. The molecule has 0 radical (unpaired) electrons. The lowest BCUT2D eigenvalue weighted by Gasteiger charge is -2.19. The Morgan fingerprint density at radius 2 is 1.94 bits per heavy atom. The summed E-state index contributed by atoms with van der Waals surface area (Å²) in [6.07, 6.45) is 0. The van der Waals surface area contributed by atoms with Crippen molar-refractivity contribution in [3.05, 3.63) is 29.3 Å². The number of hydrogen-bond acceptors (Lipinski definition) is 3. The molecule has 0 fully saturated rings. The van der Waals surface area contributed by atoms with Crippen molar-refractivity contribution in [3.8, 4) is 5.75 Å². The molecule has 3 nitrogen and oxygen atoms in total. The first-order chi connectivity index (χ1) is 7.83. The van der Waals surface area contributed by atoms with Crippen LogP contribution in [0.1, 0.15) is 43.6 Å². The van der Waals surface area contributed by atoms with Gasteiger partial charge in [0, 0.05) is 0 Å². The largest absolute Gasteiger partial charge is 0.494 e. The molecule has 94 valence electrons. The molecule has 1 aromatic rings. The number of carbonyl (C=O) groups excluding carboxylic acids is 1. The number of carbonyl (C=O) groups is 1.